The molecule has 0 aliphatic rings. The lowest BCUT2D eigenvalue weighted by atomic mass is 10.2. The molecule has 0 radical (unpaired) electrons. The average molecular weight is 294 g/mol. The third-order valence-corrected chi connectivity index (χ3v) is 3.65. The van der Waals surface area contributed by atoms with Crippen molar-refractivity contribution in [3.63, 3.8) is 0 Å². The average Bonchev–Trinajstić information content (AvgIpc) is 2.83. The number of aryl methyl sites for hydroxylation is 1. The van der Waals surface area contributed by atoms with Crippen LogP contribution in [0.25, 0.3) is 0 Å². The number of hydrogen-bond donors (Lipinski definition) is 2. The quantitative estimate of drug-likeness (QED) is 0.840. The van der Waals surface area contributed by atoms with Gasteiger partial charge in [0.05, 0.1) is 12.3 Å². The molecule has 0 aliphatic carbocycles. The van der Waals surface area contributed by atoms with E-state index in [4.69, 9.17) is 5.14 Å². The molecule has 0 amide bonds. The van der Waals surface area contributed by atoms with Gasteiger partial charge in [0.25, 0.3) is 0 Å². The van der Waals surface area contributed by atoms with Gasteiger partial charge < -0.3 is 9.88 Å². The molecule has 2 rings (SSSR count). The number of nitrogens with one attached hydrogen (secondary N) is 1. The molecule has 0 saturated carbocycles. The van der Waals surface area contributed by atoms with Crippen LogP contribution in [0.2, 0.25) is 0 Å². The highest BCUT2D eigenvalue weighted by Gasteiger charge is 2.05. The van der Waals surface area contributed by atoms with E-state index in [1.165, 1.54) is 0 Å². The Kier molecular flexibility index (Phi) is 4.41. The molecular formula is C13H18N4O2S. The van der Waals surface area contributed by atoms with Crippen molar-refractivity contribution in [3.05, 3.63) is 48.0 Å². The Hall–Kier alpha value is -1.86. The maximum absolute atomic E-state index is 11.0. The molecule has 108 valence electrons. The number of rotatable bonds is 6. The number of anilines is 1. The first-order valence-corrected chi connectivity index (χ1v) is 8.03. The molecule has 1 aromatic carbocycles. The van der Waals surface area contributed by atoms with Crippen molar-refractivity contribution in [1.82, 2.24) is 9.55 Å². The summed E-state index contributed by atoms with van der Waals surface area (Å²) >= 11 is 0. The van der Waals surface area contributed by atoms with Crippen LogP contribution in [0.4, 0.5) is 5.69 Å². The third kappa shape index (κ3) is 4.07. The Bertz CT molecular complexity index is 662. The van der Waals surface area contributed by atoms with E-state index in [1.54, 1.807) is 18.3 Å². The first-order chi connectivity index (χ1) is 9.48. The van der Waals surface area contributed by atoms with Crippen LogP contribution in [0.3, 0.4) is 0 Å². The summed E-state index contributed by atoms with van der Waals surface area (Å²) in [5.41, 5.74) is 1.59. The highest BCUT2D eigenvalue weighted by Crippen LogP contribution is 2.12. The molecule has 6 nitrogen and oxygen atoms in total. The monoisotopic (exact) mass is 294 g/mol. The number of primary sulfonamides is 1. The summed E-state index contributed by atoms with van der Waals surface area (Å²) in [7, 11) is -3.48. The molecule has 0 atom stereocenters. The number of aromatic nitrogens is 2. The van der Waals surface area contributed by atoms with Crippen LogP contribution in [0.1, 0.15) is 18.3 Å². The number of nitrogens with zero attached hydrogens (tertiary/aromatic N) is 2. The van der Waals surface area contributed by atoms with Crippen LogP contribution in [0, 0.1) is 0 Å². The topological polar surface area (TPSA) is 90.0 Å². The van der Waals surface area contributed by atoms with Gasteiger partial charge in [-0.2, -0.15) is 0 Å². The van der Waals surface area contributed by atoms with E-state index in [1.807, 2.05) is 18.3 Å². The summed E-state index contributed by atoms with van der Waals surface area (Å²) in [5, 5.41) is 8.25. The zero-order valence-electron chi connectivity index (χ0n) is 11.3. The summed E-state index contributed by atoms with van der Waals surface area (Å²) < 4.78 is 24.0. The van der Waals surface area contributed by atoms with Crippen LogP contribution in [0.5, 0.6) is 0 Å². The van der Waals surface area contributed by atoms with Gasteiger partial charge in [-0.15, -0.1) is 0 Å². The van der Waals surface area contributed by atoms with Crippen LogP contribution in [-0.4, -0.2) is 18.0 Å². The van der Waals surface area contributed by atoms with Crippen LogP contribution < -0.4 is 10.5 Å². The van der Waals surface area contributed by atoms with Gasteiger partial charge in [0.1, 0.15) is 5.82 Å². The van der Waals surface area contributed by atoms with Gasteiger partial charge in [-0.25, -0.2) is 18.5 Å². The Labute approximate surface area is 118 Å². The molecule has 20 heavy (non-hydrogen) atoms. The minimum absolute atomic E-state index is 0.145. The standard InChI is InChI=1S/C13H18N4O2S/c1-2-17-8-7-15-13(17)9-16-12-5-3-11(4-6-12)10-20(14,18)19/h3-8,16H,2,9-10H2,1H3,(H2,14,18,19). The predicted molar refractivity (Wildman–Crippen MR) is 78.5 cm³/mol. The predicted octanol–water partition coefficient (Wildman–Crippen LogP) is 1.30. The molecule has 0 saturated heterocycles. The minimum Gasteiger partial charge on any atom is -0.378 e. The Morgan fingerprint density at radius 2 is 2.00 bits per heavy atom. The van der Waals surface area contributed by atoms with Crippen molar-refractivity contribution in [1.29, 1.82) is 0 Å². The number of hydrogen-bond acceptors (Lipinski definition) is 4. The molecule has 3 N–H and O–H groups in total. The van der Waals surface area contributed by atoms with Crippen LogP contribution in [-0.2, 0) is 28.9 Å². The molecule has 0 fully saturated rings. The number of nitrogens with two attached hydrogens (primary N) is 1. The van der Waals surface area contributed by atoms with Gasteiger partial charge in [-0.1, -0.05) is 12.1 Å². The molecular weight excluding hydrogens is 276 g/mol. The maximum Gasteiger partial charge on any atom is 0.213 e. The Balaban J connectivity index is 1.97. The first-order valence-electron chi connectivity index (χ1n) is 6.31. The maximum atomic E-state index is 11.0. The summed E-state index contributed by atoms with van der Waals surface area (Å²) in [6.45, 7) is 3.56. The lowest BCUT2D eigenvalue weighted by Crippen LogP contribution is -2.14. The van der Waals surface area contributed by atoms with Gasteiger partial charge in [-0.3, -0.25) is 0 Å². The second-order valence-corrected chi connectivity index (χ2v) is 6.10. The third-order valence-electron chi connectivity index (χ3n) is 2.91. The van der Waals surface area contributed by atoms with Crippen molar-refractivity contribution >= 4 is 15.7 Å². The van der Waals surface area contributed by atoms with Gasteiger partial charge in [0.2, 0.25) is 10.0 Å². The largest absolute Gasteiger partial charge is 0.378 e. The zero-order valence-corrected chi connectivity index (χ0v) is 12.1. The molecule has 1 aromatic heterocycles. The van der Waals surface area contributed by atoms with E-state index in [0.717, 1.165) is 18.1 Å². The van der Waals surface area contributed by atoms with Crippen molar-refractivity contribution in [2.45, 2.75) is 25.8 Å². The van der Waals surface area contributed by atoms with Crippen molar-refractivity contribution in [3.8, 4) is 0 Å². The van der Waals surface area contributed by atoms with Crippen molar-refractivity contribution < 1.29 is 8.42 Å². The highest BCUT2D eigenvalue weighted by molar-refractivity contribution is 7.88. The van der Waals surface area contributed by atoms with Gasteiger partial charge in [-0.05, 0) is 24.6 Å². The van der Waals surface area contributed by atoms with Crippen LogP contribution >= 0.6 is 0 Å². The minimum atomic E-state index is -3.48. The molecule has 7 heteroatoms. The first kappa shape index (κ1) is 14.5. The normalized spacial score (nSPS) is 11.5. The van der Waals surface area contributed by atoms with Gasteiger partial charge in [0, 0.05) is 24.6 Å². The van der Waals surface area contributed by atoms with E-state index in [2.05, 4.69) is 21.8 Å². The summed E-state index contributed by atoms with van der Waals surface area (Å²) in [6, 6.07) is 7.16. The van der Waals surface area contributed by atoms with Gasteiger partial charge in [0.15, 0.2) is 0 Å². The molecule has 1 heterocycles. The second-order valence-electron chi connectivity index (χ2n) is 4.49. The number of imidazole rings is 1. The highest BCUT2D eigenvalue weighted by atomic mass is 32.2. The van der Waals surface area contributed by atoms with Gasteiger partial charge >= 0.3 is 0 Å². The lowest BCUT2D eigenvalue weighted by Gasteiger charge is -2.08. The fourth-order valence-electron chi connectivity index (χ4n) is 1.93. The molecule has 2 aromatic rings. The second kappa shape index (κ2) is 6.06. The van der Waals surface area contributed by atoms with Crippen molar-refractivity contribution in [2.75, 3.05) is 5.32 Å². The molecule has 0 unspecified atom stereocenters. The Morgan fingerprint density at radius 3 is 2.60 bits per heavy atom. The number of benzene rings is 1. The Morgan fingerprint density at radius 1 is 1.30 bits per heavy atom. The molecule has 0 bridgehead atoms. The fraction of sp³-hybridized carbons (Fsp3) is 0.308. The lowest BCUT2D eigenvalue weighted by molar-refractivity contribution is 0.597. The molecule has 0 aliphatic heterocycles. The van der Waals surface area contributed by atoms with E-state index in [0.29, 0.717) is 12.1 Å². The van der Waals surface area contributed by atoms with E-state index < -0.39 is 10.0 Å². The van der Waals surface area contributed by atoms with E-state index in [-0.39, 0.29) is 5.75 Å². The number of sulfonamides is 1. The van der Waals surface area contributed by atoms with E-state index >= 15 is 0 Å². The SMILES string of the molecule is CCn1ccnc1CNc1ccc(CS(N)(=O)=O)cc1. The summed E-state index contributed by atoms with van der Waals surface area (Å²) in [6.07, 6.45) is 3.71. The van der Waals surface area contributed by atoms with Crippen molar-refractivity contribution in [2.24, 2.45) is 5.14 Å². The zero-order chi connectivity index (χ0) is 14.6. The van der Waals surface area contributed by atoms with E-state index in [9.17, 15) is 8.42 Å². The fourth-order valence-corrected chi connectivity index (χ4v) is 2.58. The summed E-state index contributed by atoms with van der Waals surface area (Å²) in [5.74, 6) is 0.814. The van der Waals surface area contributed by atoms with Crippen LogP contribution in [0.15, 0.2) is 36.7 Å². The molecule has 0 spiro atoms. The smallest absolute Gasteiger partial charge is 0.213 e. The summed E-state index contributed by atoms with van der Waals surface area (Å²) in [4.78, 5) is 4.27.